The highest BCUT2D eigenvalue weighted by atomic mass is 35.5. The van der Waals surface area contributed by atoms with Crippen LogP contribution in [-0.4, -0.2) is 11.8 Å². The number of hydrogen-bond donors (Lipinski definition) is 0. The smallest absolute Gasteiger partial charge is 0.231 e. The summed E-state index contributed by atoms with van der Waals surface area (Å²) in [6.45, 7) is 0. The maximum Gasteiger partial charge on any atom is 0.231 e. The predicted octanol–water partition coefficient (Wildman–Crippen LogP) is 4.86. The lowest BCUT2D eigenvalue weighted by molar-refractivity contribution is -0.118. The van der Waals surface area contributed by atoms with Crippen LogP contribution in [0, 0.1) is 0 Å². The number of hydrogen-bond acceptors (Lipinski definition) is 1. The lowest BCUT2D eigenvalue weighted by Gasteiger charge is -2.25. The van der Waals surface area contributed by atoms with Crippen molar-refractivity contribution in [1.82, 2.24) is 0 Å². The number of carbonyl (C=O) groups is 1. The quantitative estimate of drug-likeness (QED) is 0.583. The third-order valence-corrected chi connectivity index (χ3v) is 4.42. The summed E-state index contributed by atoms with van der Waals surface area (Å²) in [6.07, 6.45) is 4.19. The molecule has 0 aromatic heterocycles. The fraction of sp³-hybridized carbons (Fsp3) is 0.316. The molecule has 3 rings (SSSR count). The molecule has 3 heteroatoms. The summed E-state index contributed by atoms with van der Waals surface area (Å²) in [5, 5.41) is 0. The van der Waals surface area contributed by atoms with Gasteiger partial charge in [0, 0.05) is 12.3 Å². The summed E-state index contributed by atoms with van der Waals surface area (Å²) in [7, 11) is 0. The average molecular weight is 314 g/mol. The van der Waals surface area contributed by atoms with Gasteiger partial charge in [0.25, 0.3) is 0 Å². The lowest BCUT2D eigenvalue weighted by atomic mass is 10.0. The Bertz CT molecular complexity index is 620. The van der Waals surface area contributed by atoms with Gasteiger partial charge in [-0.3, -0.25) is 9.69 Å². The molecule has 2 aromatic carbocycles. The summed E-state index contributed by atoms with van der Waals surface area (Å²) in [6, 6.07) is 16.5. The van der Waals surface area contributed by atoms with E-state index in [-0.39, 0.29) is 5.91 Å². The van der Waals surface area contributed by atoms with Gasteiger partial charge in [0.15, 0.2) is 0 Å². The van der Waals surface area contributed by atoms with Crippen molar-refractivity contribution >= 4 is 28.9 Å². The number of fused-ring (bicyclic) bond motifs is 2. The minimum Gasteiger partial charge on any atom is -0.281 e. The summed E-state index contributed by atoms with van der Waals surface area (Å²) in [4.78, 5) is 14.7. The van der Waals surface area contributed by atoms with Crippen molar-refractivity contribution in [1.29, 1.82) is 0 Å². The molecule has 2 aromatic rings. The maximum atomic E-state index is 12.8. The van der Waals surface area contributed by atoms with Crippen LogP contribution in [-0.2, 0) is 17.6 Å². The second-order valence-electron chi connectivity index (χ2n) is 5.63. The van der Waals surface area contributed by atoms with E-state index in [1.807, 2.05) is 29.2 Å². The van der Waals surface area contributed by atoms with E-state index in [1.54, 1.807) is 0 Å². The number of halogens is 1. The first-order chi connectivity index (χ1) is 10.8. The molecular formula is C19H20ClNO. The van der Waals surface area contributed by atoms with Crippen molar-refractivity contribution in [2.24, 2.45) is 0 Å². The number of rotatable bonds is 4. The summed E-state index contributed by atoms with van der Waals surface area (Å²) >= 11 is 5.73. The predicted molar refractivity (Wildman–Crippen MR) is 92.0 cm³/mol. The Morgan fingerprint density at radius 3 is 2.00 bits per heavy atom. The third kappa shape index (κ3) is 3.02. The number of para-hydroxylation sites is 2. The molecule has 0 bridgehead atoms. The molecule has 0 radical (unpaired) electrons. The standard InChI is InChI=1S/C19H20ClNO/c20-14-6-5-11-19(22)21-17-9-3-1-7-15(17)12-13-16-8-2-4-10-18(16)21/h1-4,7-10H,5-6,11-14H2. The van der Waals surface area contributed by atoms with E-state index < -0.39 is 0 Å². The molecule has 22 heavy (non-hydrogen) atoms. The van der Waals surface area contributed by atoms with Crippen LogP contribution in [0.15, 0.2) is 48.5 Å². The summed E-state index contributed by atoms with van der Waals surface area (Å²) < 4.78 is 0. The minimum atomic E-state index is 0.159. The van der Waals surface area contributed by atoms with Crippen LogP contribution in [0.3, 0.4) is 0 Å². The number of aryl methyl sites for hydroxylation is 2. The van der Waals surface area contributed by atoms with E-state index in [0.29, 0.717) is 12.3 Å². The van der Waals surface area contributed by atoms with Crippen molar-refractivity contribution in [3.8, 4) is 0 Å². The monoisotopic (exact) mass is 313 g/mol. The highest BCUT2D eigenvalue weighted by Gasteiger charge is 2.24. The van der Waals surface area contributed by atoms with Gasteiger partial charge < -0.3 is 0 Å². The molecular weight excluding hydrogens is 294 g/mol. The fourth-order valence-corrected chi connectivity index (χ4v) is 3.22. The molecule has 0 saturated carbocycles. The Balaban J connectivity index is 2.00. The Hall–Kier alpha value is -1.80. The fourth-order valence-electron chi connectivity index (χ4n) is 3.03. The zero-order valence-electron chi connectivity index (χ0n) is 12.6. The number of unbranched alkanes of at least 4 members (excludes halogenated alkanes) is 1. The molecule has 0 spiro atoms. The molecule has 0 N–H and O–H groups in total. The Labute approximate surface area is 136 Å². The highest BCUT2D eigenvalue weighted by molar-refractivity contribution is 6.17. The molecule has 0 atom stereocenters. The van der Waals surface area contributed by atoms with Crippen molar-refractivity contribution in [3.05, 3.63) is 59.7 Å². The van der Waals surface area contributed by atoms with E-state index in [4.69, 9.17) is 11.6 Å². The Kier molecular flexibility index (Phi) is 4.79. The molecule has 0 saturated heterocycles. The molecule has 0 unspecified atom stereocenters. The zero-order chi connectivity index (χ0) is 15.4. The molecule has 0 aliphatic carbocycles. The van der Waals surface area contributed by atoms with Crippen molar-refractivity contribution in [2.45, 2.75) is 32.1 Å². The second kappa shape index (κ2) is 6.97. The van der Waals surface area contributed by atoms with Gasteiger partial charge in [-0.25, -0.2) is 0 Å². The van der Waals surface area contributed by atoms with E-state index in [2.05, 4.69) is 24.3 Å². The first-order valence-electron chi connectivity index (χ1n) is 7.86. The molecule has 1 heterocycles. The van der Waals surface area contributed by atoms with Gasteiger partial charge in [0.2, 0.25) is 5.91 Å². The van der Waals surface area contributed by atoms with Crippen LogP contribution in [0.1, 0.15) is 30.4 Å². The number of alkyl halides is 1. The first kappa shape index (κ1) is 15.1. The van der Waals surface area contributed by atoms with Crippen LogP contribution >= 0.6 is 11.6 Å². The Morgan fingerprint density at radius 1 is 0.909 bits per heavy atom. The van der Waals surface area contributed by atoms with Crippen molar-refractivity contribution in [2.75, 3.05) is 10.8 Å². The van der Waals surface area contributed by atoms with E-state index in [9.17, 15) is 4.79 Å². The van der Waals surface area contributed by atoms with Crippen LogP contribution in [0.25, 0.3) is 0 Å². The van der Waals surface area contributed by atoms with E-state index >= 15 is 0 Å². The van der Waals surface area contributed by atoms with Gasteiger partial charge >= 0.3 is 0 Å². The highest BCUT2D eigenvalue weighted by Crippen LogP contribution is 2.36. The molecule has 2 nitrogen and oxygen atoms in total. The minimum absolute atomic E-state index is 0.159. The van der Waals surface area contributed by atoms with Gasteiger partial charge in [-0.15, -0.1) is 11.6 Å². The van der Waals surface area contributed by atoms with Crippen LogP contribution < -0.4 is 4.90 Å². The second-order valence-corrected chi connectivity index (χ2v) is 6.01. The molecule has 1 amide bonds. The zero-order valence-corrected chi connectivity index (χ0v) is 13.4. The third-order valence-electron chi connectivity index (χ3n) is 4.15. The number of benzene rings is 2. The van der Waals surface area contributed by atoms with Gasteiger partial charge in [0.05, 0.1) is 11.4 Å². The number of nitrogens with zero attached hydrogens (tertiary/aromatic N) is 1. The van der Waals surface area contributed by atoms with Crippen LogP contribution in [0.2, 0.25) is 0 Å². The Morgan fingerprint density at radius 2 is 1.45 bits per heavy atom. The largest absolute Gasteiger partial charge is 0.281 e. The number of carbonyl (C=O) groups excluding carboxylic acids is 1. The van der Waals surface area contributed by atoms with Gasteiger partial charge in [-0.2, -0.15) is 0 Å². The van der Waals surface area contributed by atoms with E-state index in [0.717, 1.165) is 37.1 Å². The molecule has 114 valence electrons. The number of anilines is 2. The van der Waals surface area contributed by atoms with Gasteiger partial charge in [-0.05, 0) is 48.9 Å². The lowest BCUT2D eigenvalue weighted by Crippen LogP contribution is -2.26. The summed E-state index contributed by atoms with van der Waals surface area (Å²) in [5.74, 6) is 0.771. The summed E-state index contributed by atoms with van der Waals surface area (Å²) in [5.41, 5.74) is 4.54. The topological polar surface area (TPSA) is 20.3 Å². The van der Waals surface area contributed by atoms with Crippen molar-refractivity contribution in [3.63, 3.8) is 0 Å². The number of amides is 1. The first-order valence-corrected chi connectivity index (χ1v) is 8.39. The van der Waals surface area contributed by atoms with Crippen LogP contribution in [0.5, 0.6) is 0 Å². The molecule has 1 aliphatic heterocycles. The molecule has 0 fully saturated rings. The molecule has 1 aliphatic rings. The van der Waals surface area contributed by atoms with Crippen LogP contribution in [0.4, 0.5) is 11.4 Å². The van der Waals surface area contributed by atoms with Gasteiger partial charge in [-0.1, -0.05) is 36.4 Å². The average Bonchev–Trinajstić information content (AvgIpc) is 2.72. The van der Waals surface area contributed by atoms with E-state index in [1.165, 1.54) is 11.1 Å². The normalized spacial score (nSPS) is 13.2. The maximum absolute atomic E-state index is 12.8. The van der Waals surface area contributed by atoms with Gasteiger partial charge in [0.1, 0.15) is 0 Å². The SMILES string of the molecule is O=C(CCCCCl)N1c2ccccc2CCc2ccccc21. The van der Waals surface area contributed by atoms with Crippen molar-refractivity contribution < 1.29 is 4.79 Å².